The average Bonchev–Trinajstić information content (AvgIpc) is 4.39. The van der Waals surface area contributed by atoms with Gasteiger partial charge in [-0.05, 0) is 115 Å². The third kappa shape index (κ3) is 11.4. The lowest BCUT2D eigenvalue weighted by Crippen LogP contribution is -2.37. The summed E-state index contributed by atoms with van der Waals surface area (Å²) in [5.74, 6) is -3.11. The van der Waals surface area contributed by atoms with E-state index in [4.69, 9.17) is 17.3 Å². The number of aliphatic carboxylic acids is 2. The number of rotatable bonds is 12. The largest absolute Gasteiger partial charge is 0.480 e. The second kappa shape index (κ2) is 24.5. The number of amides is 2. The van der Waals surface area contributed by atoms with Crippen molar-refractivity contribution >= 4 is 154 Å². The van der Waals surface area contributed by atoms with E-state index >= 15 is 0 Å². The Balaban J connectivity index is 0.000000180. The smallest absolute Gasteiger partial charge is 0.428 e. The predicted molar refractivity (Wildman–Crippen MR) is 346 cm³/mol. The summed E-state index contributed by atoms with van der Waals surface area (Å²) in [5.41, 5.74) is 10.5. The van der Waals surface area contributed by atoms with Gasteiger partial charge in [0.25, 0.3) is 16.5 Å². The van der Waals surface area contributed by atoms with Crippen LogP contribution in [0.25, 0.3) is 26.7 Å². The molecular weight excluding hydrogens is 1180 g/mol. The fourth-order valence-corrected chi connectivity index (χ4v) is 17.5. The first-order valence-electron chi connectivity index (χ1n) is 26.4. The SMILES string of the molecule is C=CC[N+]1=C(/C=C2/SC(c3ccccc3)=C(c3ccccc3)N2C)S/C(=C(/C=C2/Sc3ccccc3N2CC)c2ccccc2)C1=O.Cc1cc2c(cc1C)N1CC/C(=c3\s/c(=C4/SC(=S)N(CC(=O)O)C4=O)n(CC(=O)O)c3=O)C=C1S2. The van der Waals surface area contributed by atoms with Crippen LogP contribution >= 0.6 is 82.4 Å². The summed E-state index contributed by atoms with van der Waals surface area (Å²) in [6.45, 7) is 11.0. The third-order valence-electron chi connectivity index (χ3n) is 14.2. The summed E-state index contributed by atoms with van der Waals surface area (Å²) < 4.78 is 3.51. The molecule has 83 heavy (non-hydrogen) atoms. The van der Waals surface area contributed by atoms with Crippen LogP contribution in [0, 0.1) is 13.8 Å². The summed E-state index contributed by atoms with van der Waals surface area (Å²) in [7, 11) is 2.11. The molecule has 0 spiro atoms. The maximum atomic E-state index is 14.4. The first-order chi connectivity index (χ1) is 40.1. The van der Waals surface area contributed by atoms with Gasteiger partial charge in [0.2, 0.25) is 0 Å². The van der Waals surface area contributed by atoms with Crippen molar-refractivity contribution in [3.8, 4) is 0 Å². The van der Waals surface area contributed by atoms with Crippen LogP contribution in [0.5, 0.6) is 0 Å². The highest BCUT2D eigenvalue weighted by Crippen LogP contribution is 2.52. The van der Waals surface area contributed by atoms with Gasteiger partial charge >= 0.3 is 17.8 Å². The standard InChI is InChI=1S/C40H34N3OS3.C23H19N3O6S4/c1-4-25-43-36(27-34-41(3)37(29-19-11-7-12-20-29)38(46-34)30-21-13-8-14-22-30)47-39(40(43)44)31(28-17-9-6-10-18-28)26-35-42(5-2)32-23-15-16-24-33(32)45-35;1-10-5-13-14(6-11(10)2)34-15-7-12(3-4-24(13)15)18-20(31)25(8-16(27)28)22(35-18)19-21(32)26(9-17(29)30)23(33)36-19/h4,6-24,26-27H,1,5,25H2,2-3H3;5-7H,3-4,8-9H2,1-2H3,(H,27,28)(H,29,30)/q+1;/b35-26+,39-31-;18-12+,22-19+. The summed E-state index contributed by atoms with van der Waals surface area (Å²) in [4.78, 5) is 75.5. The van der Waals surface area contributed by atoms with Crippen molar-refractivity contribution in [2.75, 3.05) is 43.0 Å². The molecule has 1 aromatic heterocycles. The maximum absolute atomic E-state index is 14.4. The summed E-state index contributed by atoms with van der Waals surface area (Å²) in [6.07, 6.45) is 8.69. The van der Waals surface area contributed by atoms with E-state index in [1.807, 2.05) is 41.0 Å². The molecule has 2 amide bonds. The van der Waals surface area contributed by atoms with E-state index in [0.29, 0.717) is 24.0 Å². The van der Waals surface area contributed by atoms with Crippen molar-refractivity contribution in [1.82, 2.24) is 14.4 Å². The molecule has 0 aliphatic carbocycles. The van der Waals surface area contributed by atoms with Crippen LogP contribution in [0.2, 0.25) is 0 Å². The zero-order valence-corrected chi connectivity index (χ0v) is 51.1. The zero-order chi connectivity index (χ0) is 58.2. The van der Waals surface area contributed by atoms with Crippen molar-refractivity contribution in [1.29, 1.82) is 0 Å². The molecule has 7 heterocycles. The number of thioether (sulfide) groups is 5. The van der Waals surface area contributed by atoms with Gasteiger partial charge in [-0.15, -0.1) is 15.9 Å². The molecule has 6 aromatic rings. The van der Waals surface area contributed by atoms with E-state index < -0.39 is 36.5 Å². The molecule has 1 fully saturated rings. The van der Waals surface area contributed by atoms with E-state index in [1.165, 1.54) is 32.2 Å². The Bertz CT molecular complexity index is 4150. The number of aromatic nitrogens is 1. The van der Waals surface area contributed by atoms with E-state index in [2.05, 4.69) is 158 Å². The summed E-state index contributed by atoms with van der Waals surface area (Å²) in [6, 6.07) is 44.1. The highest BCUT2D eigenvalue weighted by Gasteiger charge is 2.41. The number of carboxylic acids is 2. The van der Waals surface area contributed by atoms with E-state index in [0.717, 1.165) is 103 Å². The number of thiocarbonyl (C=S) groups is 1. The fraction of sp³-hybridized carbons (Fsp3) is 0.159. The molecule has 0 radical (unpaired) electrons. The Hall–Kier alpha value is -7.30. The van der Waals surface area contributed by atoms with Crippen LogP contribution in [0.4, 0.5) is 11.4 Å². The number of nitrogens with zero attached hydrogens (tertiary/aromatic N) is 6. The van der Waals surface area contributed by atoms with Gasteiger partial charge in [0.05, 0.1) is 36.7 Å². The first-order valence-corrected chi connectivity index (χ1v) is 31.7. The van der Waals surface area contributed by atoms with Crippen molar-refractivity contribution < 1.29 is 34.0 Å². The molecule has 1 saturated heterocycles. The van der Waals surface area contributed by atoms with Gasteiger partial charge in [0.15, 0.2) is 6.54 Å². The quantitative estimate of drug-likeness (QED) is 0.0518. The van der Waals surface area contributed by atoms with Crippen LogP contribution < -0.4 is 24.6 Å². The Labute approximate surface area is 510 Å². The molecule has 0 saturated carbocycles. The number of para-hydroxylation sites is 1. The van der Waals surface area contributed by atoms with E-state index in [9.17, 15) is 29.1 Å². The minimum Gasteiger partial charge on any atom is -0.480 e. The number of carbonyl (C=O) groups is 4. The van der Waals surface area contributed by atoms with Crippen LogP contribution in [-0.2, 0) is 25.7 Å². The van der Waals surface area contributed by atoms with Gasteiger partial charge in [-0.3, -0.25) is 28.6 Å². The normalized spacial score (nSPS) is 19.4. The monoisotopic (exact) mass is 1230 g/mol. The van der Waals surface area contributed by atoms with Gasteiger partial charge in [0, 0.05) is 46.5 Å². The number of carbonyl (C=O) groups excluding carboxylic acids is 2. The third-order valence-corrected chi connectivity index (χ3v) is 21.7. The lowest BCUT2D eigenvalue weighted by molar-refractivity contribution is -0.428. The zero-order valence-electron chi connectivity index (χ0n) is 45.4. The number of fused-ring (bicyclic) bond motifs is 4. The molecule has 0 unspecified atom stereocenters. The molecule has 12 rings (SSSR count). The number of benzene rings is 5. The Morgan fingerprint density at radius 2 is 1.40 bits per heavy atom. The van der Waals surface area contributed by atoms with Gasteiger partial charge in [0.1, 0.15) is 31.9 Å². The number of aryl methyl sites for hydroxylation is 2. The lowest BCUT2D eigenvalue weighted by Gasteiger charge is -2.25. The van der Waals surface area contributed by atoms with Crippen LogP contribution in [0.15, 0.2) is 193 Å². The van der Waals surface area contributed by atoms with Crippen molar-refractivity contribution in [3.63, 3.8) is 0 Å². The molecule has 0 bridgehead atoms. The predicted octanol–water partition coefficient (Wildman–Crippen LogP) is 11.5. The summed E-state index contributed by atoms with van der Waals surface area (Å²) in [5, 5.41) is 22.6. The minimum atomic E-state index is -1.23. The molecular formula is C63H53N6O7S7+. The van der Waals surface area contributed by atoms with E-state index in [-0.39, 0.29) is 19.8 Å². The van der Waals surface area contributed by atoms with Crippen molar-refractivity contribution in [2.45, 2.75) is 43.5 Å². The van der Waals surface area contributed by atoms with Crippen molar-refractivity contribution in [2.24, 2.45) is 0 Å². The average molecular weight is 1230 g/mol. The van der Waals surface area contributed by atoms with Crippen LogP contribution in [0.1, 0.15) is 41.2 Å². The number of anilines is 2. The highest BCUT2D eigenvalue weighted by atomic mass is 32.2. The molecule has 13 nitrogen and oxygen atoms in total. The molecule has 6 aliphatic heterocycles. The van der Waals surface area contributed by atoms with Gasteiger partial charge in [-0.2, -0.15) is 0 Å². The highest BCUT2D eigenvalue weighted by molar-refractivity contribution is 8.30. The first kappa shape index (κ1) is 57.5. The van der Waals surface area contributed by atoms with Gasteiger partial charge < -0.3 is 24.9 Å². The molecule has 2 N–H and O–H groups in total. The molecule has 6 aliphatic rings. The number of hydrogen-bond donors (Lipinski definition) is 2. The minimum absolute atomic E-state index is 0.00816. The Morgan fingerprint density at radius 1 is 0.735 bits per heavy atom. The lowest BCUT2D eigenvalue weighted by atomic mass is 10.0. The van der Waals surface area contributed by atoms with E-state index in [1.54, 1.807) is 53.1 Å². The summed E-state index contributed by atoms with van der Waals surface area (Å²) >= 11 is 13.8. The molecule has 418 valence electrons. The number of thiazole rings is 1. The molecule has 0 atom stereocenters. The van der Waals surface area contributed by atoms with Gasteiger partial charge in [-0.25, -0.2) is 4.79 Å². The number of allylic oxidation sites excluding steroid dienone is 3. The number of carboxylic acid groups (broad SMARTS) is 2. The van der Waals surface area contributed by atoms with Crippen molar-refractivity contribution in [3.05, 3.63) is 226 Å². The topological polar surface area (TPSA) is 147 Å². The maximum Gasteiger partial charge on any atom is 0.428 e. The Kier molecular flexibility index (Phi) is 17.0. The second-order valence-electron chi connectivity index (χ2n) is 19.5. The van der Waals surface area contributed by atoms with Crippen LogP contribution in [0.3, 0.4) is 0 Å². The fourth-order valence-electron chi connectivity index (χ4n) is 10.1. The Morgan fingerprint density at radius 3 is 2.08 bits per heavy atom. The molecule has 5 aromatic carbocycles. The second-order valence-corrected chi connectivity index (χ2v) is 26.4. The van der Waals surface area contributed by atoms with Crippen LogP contribution in [-0.4, -0.2) is 95.5 Å². The molecule has 20 heteroatoms. The number of hydrogen-bond acceptors (Lipinski definition) is 15. The van der Waals surface area contributed by atoms with Gasteiger partial charge in [-0.1, -0.05) is 169 Å².